The van der Waals surface area contributed by atoms with Gasteiger partial charge in [0.1, 0.15) is 0 Å². The van der Waals surface area contributed by atoms with Crippen LogP contribution in [-0.2, 0) is 21.2 Å². The van der Waals surface area contributed by atoms with Gasteiger partial charge in [-0.2, -0.15) is 0 Å². The van der Waals surface area contributed by atoms with E-state index >= 15 is 0 Å². The van der Waals surface area contributed by atoms with Gasteiger partial charge < -0.3 is 14.8 Å². The average molecular weight is 449 g/mol. The molecule has 170 valence electrons. The minimum absolute atomic E-state index is 0.102. The summed E-state index contributed by atoms with van der Waals surface area (Å²) < 4.78 is 36.5. The number of hydrogen-bond acceptors (Lipinski definition) is 5. The van der Waals surface area contributed by atoms with Gasteiger partial charge in [0.05, 0.1) is 26.2 Å². The number of aryl methyl sites for hydroxylation is 1. The molecule has 0 heterocycles. The van der Waals surface area contributed by atoms with Crippen molar-refractivity contribution < 1.29 is 22.7 Å². The molecule has 8 heteroatoms. The zero-order chi connectivity index (χ0) is 23.0. The zero-order valence-electron chi connectivity index (χ0n) is 18.9. The van der Waals surface area contributed by atoms with Crippen LogP contribution in [0.15, 0.2) is 36.4 Å². The highest BCUT2D eigenvalue weighted by atomic mass is 32.2. The van der Waals surface area contributed by atoms with E-state index in [4.69, 9.17) is 9.47 Å². The Morgan fingerprint density at radius 1 is 1.06 bits per heavy atom. The summed E-state index contributed by atoms with van der Waals surface area (Å²) in [5.74, 6) is 1.21. The van der Waals surface area contributed by atoms with E-state index in [0.29, 0.717) is 36.6 Å². The number of hydrogen-bond donors (Lipinski definition) is 1. The third kappa shape index (κ3) is 6.89. The third-order valence-electron chi connectivity index (χ3n) is 5.19. The number of methoxy groups -OCH3 is 2. The SMILES string of the molecule is COc1ccc(CCNC(=O)CCCN(c2cccc(C)c2C)S(C)(=O)=O)cc1OC. The van der Waals surface area contributed by atoms with Crippen LogP contribution in [0.1, 0.15) is 29.5 Å². The van der Waals surface area contributed by atoms with Crippen LogP contribution in [-0.4, -0.2) is 47.9 Å². The van der Waals surface area contributed by atoms with Crippen molar-refractivity contribution in [1.29, 1.82) is 0 Å². The van der Waals surface area contributed by atoms with Crippen LogP contribution in [0.5, 0.6) is 11.5 Å². The van der Waals surface area contributed by atoms with Crippen LogP contribution in [0.4, 0.5) is 5.69 Å². The van der Waals surface area contributed by atoms with Gasteiger partial charge in [0.2, 0.25) is 15.9 Å². The predicted molar refractivity (Wildman–Crippen MR) is 124 cm³/mol. The van der Waals surface area contributed by atoms with Gasteiger partial charge in [-0.1, -0.05) is 18.2 Å². The molecule has 1 amide bonds. The maximum atomic E-state index is 12.3. The van der Waals surface area contributed by atoms with E-state index in [1.165, 1.54) is 10.6 Å². The van der Waals surface area contributed by atoms with E-state index in [9.17, 15) is 13.2 Å². The topological polar surface area (TPSA) is 84.9 Å². The third-order valence-corrected chi connectivity index (χ3v) is 6.37. The first-order valence-electron chi connectivity index (χ1n) is 10.2. The van der Waals surface area contributed by atoms with Crippen LogP contribution in [0.2, 0.25) is 0 Å². The summed E-state index contributed by atoms with van der Waals surface area (Å²) in [6, 6.07) is 11.2. The molecule has 0 fully saturated rings. The second-order valence-electron chi connectivity index (χ2n) is 7.45. The molecular weight excluding hydrogens is 416 g/mol. The Balaban J connectivity index is 1.87. The van der Waals surface area contributed by atoms with Gasteiger partial charge in [-0.15, -0.1) is 0 Å². The fraction of sp³-hybridized carbons (Fsp3) is 0.435. The highest BCUT2D eigenvalue weighted by Crippen LogP contribution is 2.28. The molecule has 2 aromatic rings. The second kappa shape index (κ2) is 11.0. The lowest BCUT2D eigenvalue weighted by molar-refractivity contribution is -0.121. The number of carbonyl (C=O) groups excluding carboxylic acids is 1. The molecule has 0 aliphatic carbocycles. The molecule has 0 aromatic heterocycles. The summed E-state index contributed by atoms with van der Waals surface area (Å²) in [5, 5.41) is 2.89. The molecule has 0 aliphatic rings. The number of amides is 1. The lowest BCUT2D eigenvalue weighted by Gasteiger charge is -2.24. The van der Waals surface area contributed by atoms with Crippen molar-refractivity contribution in [2.75, 3.05) is 37.9 Å². The van der Waals surface area contributed by atoms with Gasteiger partial charge >= 0.3 is 0 Å². The van der Waals surface area contributed by atoms with Gasteiger partial charge in [0.15, 0.2) is 11.5 Å². The molecule has 0 saturated heterocycles. The second-order valence-corrected chi connectivity index (χ2v) is 9.35. The van der Waals surface area contributed by atoms with Crippen molar-refractivity contribution in [3.05, 3.63) is 53.1 Å². The average Bonchev–Trinajstić information content (AvgIpc) is 2.72. The molecule has 1 N–H and O–H groups in total. The largest absolute Gasteiger partial charge is 0.493 e. The van der Waals surface area contributed by atoms with E-state index in [-0.39, 0.29) is 18.9 Å². The smallest absolute Gasteiger partial charge is 0.232 e. The first-order valence-corrected chi connectivity index (χ1v) is 12.0. The van der Waals surface area contributed by atoms with Crippen molar-refractivity contribution >= 4 is 21.6 Å². The normalized spacial score (nSPS) is 11.1. The Morgan fingerprint density at radius 3 is 2.42 bits per heavy atom. The quantitative estimate of drug-likeness (QED) is 0.571. The molecular formula is C23H32N2O5S. The molecule has 0 spiro atoms. The standard InChI is InChI=1S/C23H32N2O5S/c1-17-8-6-9-20(18(17)2)25(31(5,27)28)15-7-10-23(26)24-14-13-19-11-12-21(29-3)22(16-19)30-4/h6,8-9,11-12,16H,7,10,13-15H2,1-5H3,(H,24,26). The van der Waals surface area contributed by atoms with Crippen LogP contribution < -0.4 is 19.1 Å². The van der Waals surface area contributed by atoms with Crippen molar-refractivity contribution in [3.8, 4) is 11.5 Å². The van der Waals surface area contributed by atoms with Crippen molar-refractivity contribution in [2.45, 2.75) is 33.1 Å². The Bertz CT molecular complexity index is 1010. The van der Waals surface area contributed by atoms with E-state index in [0.717, 1.165) is 16.7 Å². The first kappa shape index (κ1) is 24.5. The highest BCUT2D eigenvalue weighted by molar-refractivity contribution is 7.92. The first-order chi connectivity index (χ1) is 14.7. The lowest BCUT2D eigenvalue weighted by atomic mass is 10.1. The number of sulfonamides is 1. The van der Waals surface area contributed by atoms with Gasteiger partial charge in [-0.3, -0.25) is 9.10 Å². The van der Waals surface area contributed by atoms with Gasteiger partial charge in [0, 0.05) is 19.5 Å². The fourth-order valence-corrected chi connectivity index (χ4v) is 4.34. The molecule has 0 saturated carbocycles. The molecule has 2 aromatic carbocycles. The molecule has 0 bridgehead atoms. The summed E-state index contributed by atoms with van der Waals surface area (Å²) >= 11 is 0. The van der Waals surface area contributed by atoms with Gasteiger partial charge in [0.25, 0.3) is 0 Å². The monoisotopic (exact) mass is 448 g/mol. The molecule has 0 aliphatic heterocycles. The summed E-state index contributed by atoms with van der Waals surface area (Å²) in [6.07, 6.45) is 2.54. The van der Waals surface area contributed by atoms with Gasteiger partial charge in [-0.25, -0.2) is 8.42 Å². The number of benzene rings is 2. The lowest BCUT2D eigenvalue weighted by Crippen LogP contribution is -2.33. The van der Waals surface area contributed by atoms with Crippen molar-refractivity contribution in [1.82, 2.24) is 5.32 Å². The number of nitrogens with one attached hydrogen (secondary N) is 1. The maximum Gasteiger partial charge on any atom is 0.232 e. The van der Waals surface area contributed by atoms with E-state index in [2.05, 4.69) is 5.32 Å². The summed E-state index contributed by atoms with van der Waals surface area (Å²) in [6.45, 7) is 4.60. The van der Waals surface area contributed by atoms with Crippen LogP contribution in [0.25, 0.3) is 0 Å². The summed E-state index contributed by atoms with van der Waals surface area (Å²) in [7, 11) is -0.270. The molecule has 7 nitrogen and oxygen atoms in total. The Kier molecular flexibility index (Phi) is 8.74. The molecule has 0 unspecified atom stereocenters. The Labute approximate surface area is 185 Å². The van der Waals surface area contributed by atoms with Crippen molar-refractivity contribution in [2.24, 2.45) is 0 Å². The highest BCUT2D eigenvalue weighted by Gasteiger charge is 2.19. The van der Waals surface area contributed by atoms with Crippen LogP contribution >= 0.6 is 0 Å². The number of ether oxygens (including phenoxy) is 2. The minimum atomic E-state index is -3.44. The summed E-state index contributed by atoms with van der Waals surface area (Å²) in [4.78, 5) is 12.2. The molecule has 0 radical (unpaired) electrons. The molecule has 2 rings (SSSR count). The van der Waals surface area contributed by atoms with Crippen molar-refractivity contribution in [3.63, 3.8) is 0 Å². The number of rotatable bonds is 11. The van der Waals surface area contributed by atoms with Gasteiger partial charge in [-0.05, 0) is 61.6 Å². The van der Waals surface area contributed by atoms with E-state index in [1.807, 2.05) is 44.2 Å². The maximum absolute atomic E-state index is 12.3. The number of anilines is 1. The molecule has 0 atom stereocenters. The molecule has 31 heavy (non-hydrogen) atoms. The Hall–Kier alpha value is -2.74. The Morgan fingerprint density at radius 2 is 1.77 bits per heavy atom. The number of nitrogens with zero attached hydrogens (tertiary/aromatic N) is 1. The number of carbonyl (C=O) groups is 1. The summed E-state index contributed by atoms with van der Waals surface area (Å²) in [5.41, 5.74) is 3.64. The van der Waals surface area contributed by atoms with E-state index in [1.54, 1.807) is 20.3 Å². The fourth-order valence-electron chi connectivity index (χ4n) is 3.32. The minimum Gasteiger partial charge on any atom is -0.493 e. The predicted octanol–water partition coefficient (Wildman–Crippen LogP) is 3.23. The van der Waals surface area contributed by atoms with Crippen LogP contribution in [0, 0.1) is 13.8 Å². The zero-order valence-corrected chi connectivity index (χ0v) is 19.7. The van der Waals surface area contributed by atoms with Crippen LogP contribution in [0.3, 0.4) is 0 Å². The van der Waals surface area contributed by atoms with E-state index < -0.39 is 10.0 Å².